The zero-order valence-corrected chi connectivity index (χ0v) is 16.8. The van der Waals surface area contributed by atoms with Crippen molar-refractivity contribution in [2.75, 3.05) is 18.4 Å². The van der Waals surface area contributed by atoms with E-state index in [2.05, 4.69) is 10.6 Å². The summed E-state index contributed by atoms with van der Waals surface area (Å²) in [6.45, 7) is 1.29. The number of halogens is 2. The lowest BCUT2D eigenvalue weighted by Crippen LogP contribution is -2.62. The van der Waals surface area contributed by atoms with Gasteiger partial charge in [-0.3, -0.25) is 9.59 Å². The molecule has 4 rings (SSSR count). The lowest BCUT2D eigenvalue weighted by molar-refractivity contribution is -0.133. The van der Waals surface area contributed by atoms with Crippen molar-refractivity contribution in [2.45, 2.75) is 57.0 Å². The van der Waals surface area contributed by atoms with Gasteiger partial charge in [-0.2, -0.15) is 0 Å². The number of nitrogens with one attached hydrogen (secondary N) is 2. The Morgan fingerprint density at radius 1 is 1.15 bits per heavy atom. The predicted molar refractivity (Wildman–Crippen MR) is 107 cm³/mol. The maximum absolute atomic E-state index is 12.6. The molecule has 0 aromatic heterocycles. The second-order valence-corrected chi connectivity index (χ2v) is 8.80. The van der Waals surface area contributed by atoms with Crippen LogP contribution in [0.25, 0.3) is 0 Å². The number of amides is 2. The Labute approximate surface area is 169 Å². The summed E-state index contributed by atoms with van der Waals surface area (Å²) >= 11 is 12.2. The second-order valence-electron chi connectivity index (χ2n) is 8.02. The van der Waals surface area contributed by atoms with Crippen molar-refractivity contribution in [3.63, 3.8) is 0 Å². The molecular formula is C20H25Cl2N3O2. The topological polar surface area (TPSA) is 61.4 Å². The number of benzene rings is 1. The van der Waals surface area contributed by atoms with Crippen LogP contribution in [0.5, 0.6) is 0 Å². The van der Waals surface area contributed by atoms with Crippen LogP contribution in [-0.2, 0) is 4.79 Å². The third-order valence-corrected chi connectivity index (χ3v) is 7.06. The Morgan fingerprint density at radius 3 is 2.56 bits per heavy atom. The number of carbonyl (C=O) groups is 2. The smallest absolute Gasteiger partial charge is 0.256 e. The van der Waals surface area contributed by atoms with Gasteiger partial charge >= 0.3 is 0 Å². The first-order valence-electron chi connectivity index (χ1n) is 9.84. The summed E-state index contributed by atoms with van der Waals surface area (Å²) < 4.78 is 0. The Balaban J connectivity index is 1.37. The lowest BCUT2D eigenvalue weighted by Gasteiger charge is -2.46. The van der Waals surface area contributed by atoms with E-state index in [-0.39, 0.29) is 16.8 Å². The van der Waals surface area contributed by atoms with E-state index >= 15 is 0 Å². The SMILES string of the molecule is O=C1NC2(CCN(C(=O)CCC3CCCC3)CC2)Nc2ccc(Cl)c(Cl)c21. The van der Waals surface area contributed by atoms with Crippen LogP contribution in [0.1, 0.15) is 61.7 Å². The van der Waals surface area contributed by atoms with Crippen molar-refractivity contribution in [1.29, 1.82) is 0 Å². The third kappa shape index (κ3) is 3.77. The van der Waals surface area contributed by atoms with Gasteiger partial charge in [0, 0.05) is 32.4 Å². The van der Waals surface area contributed by atoms with Crippen molar-refractivity contribution in [1.82, 2.24) is 10.2 Å². The molecule has 7 heteroatoms. The molecule has 0 unspecified atom stereocenters. The molecule has 2 heterocycles. The number of rotatable bonds is 3. The van der Waals surface area contributed by atoms with Gasteiger partial charge in [-0.15, -0.1) is 0 Å². The normalized spacial score (nSPS) is 21.7. The number of carbonyl (C=O) groups excluding carboxylic acids is 2. The van der Waals surface area contributed by atoms with E-state index in [9.17, 15) is 9.59 Å². The van der Waals surface area contributed by atoms with Gasteiger partial charge in [0.05, 0.1) is 21.3 Å². The van der Waals surface area contributed by atoms with Gasteiger partial charge in [0.2, 0.25) is 5.91 Å². The number of hydrogen-bond donors (Lipinski definition) is 2. The maximum atomic E-state index is 12.6. The molecule has 0 radical (unpaired) electrons. The fourth-order valence-electron chi connectivity index (χ4n) is 4.62. The third-order valence-electron chi connectivity index (χ3n) is 6.26. The van der Waals surface area contributed by atoms with Crippen LogP contribution < -0.4 is 10.6 Å². The molecule has 0 atom stereocenters. The van der Waals surface area contributed by atoms with E-state index in [4.69, 9.17) is 23.2 Å². The summed E-state index contributed by atoms with van der Waals surface area (Å²) in [4.78, 5) is 27.1. The Bertz CT molecular complexity index is 754. The monoisotopic (exact) mass is 409 g/mol. The molecule has 1 saturated heterocycles. The number of likely N-dealkylation sites (tertiary alicyclic amines) is 1. The van der Waals surface area contributed by atoms with E-state index in [0.29, 0.717) is 48.6 Å². The summed E-state index contributed by atoms with van der Waals surface area (Å²) in [5.41, 5.74) is 0.572. The van der Waals surface area contributed by atoms with Gasteiger partial charge in [-0.25, -0.2) is 0 Å². The second kappa shape index (κ2) is 7.51. The molecule has 0 bridgehead atoms. The summed E-state index contributed by atoms with van der Waals surface area (Å²) in [5, 5.41) is 7.13. The summed E-state index contributed by atoms with van der Waals surface area (Å²) in [6, 6.07) is 3.49. The van der Waals surface area contributed by atoms with Crippen LogP contribution in [0, 0.1) is 5.92 Å². The maximum Gasteiger partial charge on any atom is 0.256 e. The zero-order chi connectivity index (χ0) is 19.0. The fraction of sp³-hybridized carbons (Fsp3) is 0.600. The summed E-state index contributed by atoms with van der Waals surface area (Å²) in [7, 11) is 0. The molecule has 2 fully saturated rings. The largest absolute Gasteiger partial charge is 0.362 e. The fourth-order valence-corrected chi connectivity index (χ4v) is 5.03. The lowest BCUT2D eigenvalue weighted by atomic mass is 9.92. The molecule has 146 valence electrons. The van der Waals surface area contributed by atoms with Crippen LogP contribution >= 0.6 is 23.2 Å². The van der Waals surface area contributed by atoms with E-state index in [1.165, 1.54) is 25.7 Å². The highest BCUT2D eigenvalue weighted by Crippen LogP contribution is 2.38. The number of fused-ring (bicyclic) bond motifs is 1. The average molecular weight is 410 g/mol. The van der Waals surface area contributed by atoms with Gasteiger partial charge in [0.1, 0.15) is 5.66 Å². The highest BCUT2D eigenvalue weighted by molar-refractivity contribution is 6.44. The van der Waals surface area contributed by atoms with Gasteiger partial charge in [-0.05, 0) is 24.5 Å². The quantitative estimate of drug-likeness (QED) is 0.775. The average Bonchev–Trinajstić information content (AvgIpc) is 3.17. The van der Waals surface area contributed by atoms with Crippen LogP contribution in [-0.4, -0.2) is 35.5 Å². The highest BCUT2D eigenvalue weighted by Gasteiger charge is 2.41. The Hall–Kier alpha value is -1.46. The van der Waals surface area contributed by atoms with Crippen molar-refractivity contribution < 1.29 is 9.59 Å². The minimum Gasteiger partial charge on any atom is -0.362 e. The standard InChI is InChI=1S/C20H25Cl2N3O2/c21-14-6-7-15-17(18(14)22)19(27)24-20(23-15)9-11-25(12-10-20)16(26)8-5-13-3-1-2-4-13/h6-7,13,23H,1-5,8-12H2,(H,24,27). The van der Waals surface area contributed by atoms with Crippen LogP contribution in [0.3, 0.4) is 0 Å². The van der Waals surface area contributed by atoms with E-state index < -0.39 is 5.66 Å². The number of hydrogen-bond acceptors (Lipinski definition) is 3. The van der Waals surface area contributed by atoms with Gasteiger partial charge in [0.15, 0.2) is 0 Å². The molecule has 1 aromatic rings. The minimum atomic E-state index is -0.524. The summed E-state index contributed by atoms with van der Waals surface area (Å²) in [5.74, 6) is 0.767. The molecular weight excluding hydrogens is 385 g/mol. The molecule has 1 aliphatic carbocycles. The molecule has 2 N–H and O–H groups in total. The van der Waals surface area contributed by atoms with Crippen molar-refractivity contribution in [3.05, 3.63) is 27.7 Å². The highest BCUT2D eigenvalue weighted by atomic mass is 35.5. The molecule has 5 nitrogen and oxygen atoms in total. The number of piperidine rings is 1. The molecule has 27 heavy (non-hydrogen) atoms. The Morgan fingerprint density at radius 2 is 1.85 bits per heavy atom. The number of anilines is 1. The molecule has 2 amide bonds. The molecule has 1 spiro atoms. The zero-order valence-electron chi connectivity index (χ0n) is 15.3. The van der Waals surface area contributed by atoms with Gasteiger partial charge in [0.25, 0.3) is 5.91 Å². The van der Waals surface area contributed by atoms with E-state index in [0.717, 1.165) is 12.3 Å². The first kappa shape index (κ1) is 18.9. The molecule has 3 aliphatic rings. The van der Waals surface area contributed by atoms with Crippen LogP contribution in [0.2, 0.25) is 10.0 Å². The first-order valence-corrected chi connectivity index (χ1v) is 10.6. The van der Waals surface area contributed by atoms with Gasteiger partial charge in [-0.1, -0.05) is 48.9 Å². The van der Waals surface area contributed by atoms with Crippen molar-refractivity contribution >= 4 is 40.7 Å². The van der Waals surface area contributed by atoms with Gasteiger partial charge < -0.3 is 15.5 Å². The van der Waals surface area contributed by atoms with Crippen LogP contribution in [0.4, 0.5) is 5.69 Å². The minimum absolute atomic E-state index is 0.211. The first-order chi connectivity index (χ1) is 13.0. The summed E-state index contributed by atoms with van der Waals surface area (Å²) in [6.07, 6.45) is 8.19. The number of nitrogens with zero attached hydrogens (tertiary/aromatic N) is 1. The predicted octanol–water partition coefficient (Wildman–Crippen LogP) is 4.44. The van der Waals surface area contributed by atoms with E-state index in [1.807, 2.05) is 4.90 Å². The molecule has 2 aliphatic heterocycles. The Kier molecular flexibility index (Phi) is 5.26. The molecule has 1 aromatic carbocycles. The van der Waals surface area contributed by atoms with Crippen molar-refractivity contribution in [2.24, 2.45) is 5.92 Å². The molecule has 1 saturated carbocycles. The van der Waals surface area contributed by atoms with E-state index in [1.54, 1.807) is 12.1 Å². The van der Waals surface area contributed by atoms with Crippen LogP contribution in [0.15, 0.2) is 12.1 Å². The van der Waals surface area contributed by atoms with Crippen molar-refractivity contribution in [3.8, 4) is 0 Å².